The van der Waals surface area contributed by atoms with Gasteiger partial charge in [0.05, 0.1) is 11.2 Å². The maximum Gasteiger partial charge on any atom is 0.263 e. The lowest BCUT2D eigenvalue weighted by Gasteiger charge is -2.23. The SMILES string of the molecule is Cc1ncsc1C(=O)NC[C@H]1CCn2ccnc2C1. The Bertz CT molecular complexity index is 589. The molecule has 0 aliphatic carbocycles. The van der Waals surface area contributed by atoms with Gasteiger partial charge in [0.15, 0.2) is 0 Å². The van der Waals surface area contributed by atoms with Crippen molar-refractivity contribution in [2.24, 2.45) is 5.92 Å². The summed E-state index contributed by atoms with van der Waals surface area (Å²) in [6.07, 6.45) is 5.89. The molecule has 2 aromatic rings. The maximum atomic E-state index is 12.0. The van der Waals surface area contributed by atoms with Gasteiger partial charge >= 0.3 is 0 Å². The van der Waals surface area contributed by atoms with Crippen molar-refractivity contribution in [2.45, 2.75) is 26.3 Å². The van der Waals surface area contributed by atoms with Crippen LogP contribution < -0.4 is 5.32 Å². The second kappa shape index (κ2) is 5.13. The summed E-state index contributed by atoms with van der Waals surface area (Å²) >= 11 is 1.39. The number of carbonyl (C=O) groups is 1. The van der Waals surface area contributed by atoms with Crippen molar-refractivity contribution in [2.75, 3.05) is 6.54 Å². The van der Waals surface area contributed by atoms with Gasteiger partial charge in [0.25, 0.3) is 5.91 Å². The van der Waals surface area contributed by atoms with Gasteiger partial charge in [-0.25, -0.2) is 9.97 Å². The Hall–Kier alpha value is -1.69. The molecule has 19 heavy (non-hydrogen) atoms. The van der Waals surface area contributed by atoms with E-state index in [0.29, 0.717) is 12.5 Å². The largest absolute Gasteiger partial charge is 0.351 e. The van der Waals surface area contributed by atoms with Gasteiger partial charge < -0.3 is 9.88 Å². The number of aryl methyl sites for hydroxylation is 2. The summed E-state index contributed by atoms with van der Waals surface area (Å²) in [6.45, 7) is 3.57. The van der Waals surface area contributed by atoms with E-state index < -0.39 is 0 Å². The molecule has 0 unspecified atom stereocenters. The van der Waals surface area contributed by atoms with Crippen LogP contribution in [0.15, 0.2) is 17.9 Å². The van der Waals surface area contributed by atoms with Gasteiger partial charge in [-0.3, -0.25) is 4.79 Å². The Kier molecular flexibility index (Phi) is 3.33. The molecule has 3 rings (SSSR count). The Morgan fingerprint density at radius 2 is 2.47 bits per heavy atom. The van der Waals surface area contributed by atoms with E-state index in [1.54, 1.807) is 5.51 Å². The van der Waals surface area contributed by atoms with Gasteiger partial charge in [0.2, 0.25) is 0 Å². The molecule has 0 saturated heterocycles. The summed E-state index contributed by atoms with van der Waals surface area (Å²) in [4.78, 5) is 21.2. The average molecular weight is 276 g/mol. The minimum atomic E-state index is -0.00563. The standard InChI is InChI=1S/C13H16N4OS/c1-9-12(19-8-16-9)13(18)15-7-10-2-4-17-5-3-14-11(17)6-10/h3,5,8,10H,2,4,6-7H2,1H3,(H,15,18)/t10-/m0/s1. The molecule has 0 spiro atoms. The molecule has 3 heterocycles. The van der Waals surface area contributed by atoms with Crippen molar-refractivity contribution in [3.63, 3.8) is 0 Å². The van der Waals surface area contributed by atoms with Crippen molar-refractivity contribution in [3.8, 4) is 0 Å². The van der Waals surface area contributed by atoms with Crippen LogP contribution in [-0.2, 0) is 13.0 Å². The van der Waals surface area contributed by atoms with E-state index in [1.807, 2.05) is 19.3 Å². The van der Waals surface area contributed by atoms with Crippen LogP contribution in [0, 0.1) is 12.8 Å². The number of thiazole rings is 1. The molecule has 6 heteroatoms. The predicted molar refractivity (Wildman–Crippen MR) is 73.2 cm³/mol. The van der Waals surface area contributed by atoms with Gasteiger partial charge in [-0.2, -0.15) is 0 Å². The van der Waals surface area contributed by atoms with Crippen LogP contribution in [0.5, 0.6) is 0 Å². The predicted octanol–water partition coefficient (Wildman–Crippen LogP) is 1.64. The quantitative estimate of drug-likeness (QED) is 0.927. The number of amides is 1. The lowest BCUT2D eigenvalue weighted by atomic mass is 9.98. The molecule has 1 amide bonds. The fraction of sp³-hybridized carbons (Fsp3) is 0.462. The molecule has 0 radical (unpaired) electrons. The number of aromatic nitrogens is 3. The van der Waals surface area contributed by atoms with E-state index in [4.69, 9.17) is 0 Å². The number of rotatable bonds is 3. The summed E-state index contributed by atoms with van der Waals surface area (Å²) < 4.78 is 2.19. The lowest BCUT2D eigenvalue weighted by Crippen LogP contribution is -2.33. The number of carbonyl (C=O) groups excluding carboxylic acids is 1. The van der Waals surface area contributed by atoms with Crippen molar-refractivity contribution in [3.05, 3.63) is 34.3 Å². The number of hydrogen-bond acceptors (Lipinski definition) is 4. The average Bonchev–Trinajstić information content (AvgIpc) is 3.03. The first kappa shape index (κ1) is 12.3. The fourth-order valence-electron chi connectivity index (χ4n) is 2.43. The highest BCUT2D eigenvalue weighted by Gasteiger charge is 2.20. The number of hydrogen-bond donors (Lipinski definition) is 1. The van der Waals surface area contributed by atoms with Crippen molar-refractivity contribution < 1.29 is 4.79 Å². The van der Waals surface area contributed by atoms with E-state index in [-0.39, 0.29) is 5.91 Å². The Labute approximate surface area is 115 Å². The van der Waals surface area contributed by atoms with Crippen LogP contribution in [0.4, 0.5) is 0 Å². The lowest BCUT2D eigenvalue weighted by molar-refractivity contribution is 0.0948. The maximum absolute atomic E-state index is 12.0. The van der Waals surface area contributed by atoms with Crippen molar-refractivity contribution >= 4 is 17.2 Å². The monoisotopic (exact) mass is 276 g/mol. The molecule has 1 atom stereocenters. The molecule has 0 bridgehead atoms. The Balaban J connectivity index is 1.56. The smallest absolute Gasteiger partial charge is 0.263 e. The van der Waals surface area contributed by atoms with Crippen molar-refractivity contribution in [1.82, 2.24) is 19.9 Å². The van der Waals surface area contributed by atoms with Gasteiger partial charge in [-0.1, -0.05) is 0 Å². The number of nitrogens with zero attached hydrogens (tertiary/aromatic N) is 3. The van der Waals surface area contributed by atoms with E-state index in [0.717, 1.165) is 35.8 Å². The highest BCUT2D eigenvalue weighted by Crippen LogP contribution is 2.19. The third-order valence-corrected chi connectivity index (χ3v) is 4.48. The van der Waals surface area contributed by atoms with E-state index in [2.05, 4.69) is 19.9 Å². The summed E-state index contributed by atoms with van der Waals surface area (Å²) in [5.41, 5.74) is 2.52. The Morgan fingerprint density at radius 3 is 3.26 bits per heavy atom. The third-order valence-electron chi connectivity index (χ3n) is 3.55. The van der Waals surface area contributed by atoms with Crippen LogP contribution in [-0.4, -0.2) is 27.0 Å². The summed E-state index contributed by atoms with van der Waals surface area (Å²) in [5.74, 6) is 1.60. The van der Waals surface area contributed by atoms with Crippen molar-refractivity contribution in [1.29, 1.82) is 0 Å². The highest BCUT2D eigenvalue weighted by molar-refractivity contribution is 7.11. The molecule has 0 saturated carbocycles. The van der Waals surface area contributed by atoms with Crippen LogP contribution in [0.3, 0.4) is 0 Å². The normalized spacial score (nSPS) is 18.1. The summed E-state index contributed by atoms with van der Waals surface area (Å²) in [6, 6.07) is 0. The molecule has 2 aromatic heterocycles. The van der Waals surface area contributed by atoms with Crippen LogP contribution in [0.25, 0.3) is 0 Å². The minimum absolute atomic E-state index is 0.00563. The fourth-order valence-corrected chi connectivity index (χ4v) is 3.15. The zero-order chi connectivity index (χ0) is 13.2. The third kappa shape index (κ3) is 2.53. The second-order valence-corrected chi connectivity index (χ2v) is 5.73. The molecule has 1 N–H and O–H groups in total. The molecule has 1 aliphatic heterocycles. The number of fused-ring (bicyclic) bond motifs is 1. The number of nitrogens with one attached hydrogen (secondary N) is 1. The summed E-state index contributed by atoms with van der Waals surface area (Å²) in [5, 5.41) is 3.01. The first-order valence-electron chi connectivity index (χ1n) is 6.42. The molecule has 0 fully saturated rings. The van der Waals surface area contributed by atoms with Gasteiger partial charge in [0, 0.05) is 31.9 Å². The van der Waals surface area contributed by atoms with E-state index in [1.165, 1.54) is 11.3 Å². The van der Waals surface area contributed by atoms with Gasteiger partial charge in [0.1, 0.15) is 10.7 Å². The second-order valence-electron chi connectivity index (χ2n) is 4.87. The molecule has 0 aromatic carbocycles. The summed E-state index contributed by atoms with van der Waals surface area (Å²) in [7, 11) is 0. The van der Waals surface area contributed by atoms with Gasteiger partial charge in [-0.05, 0) is 19.3 Å². The first-order valence-corrected chi connectivity index (χ1v) is 7.30. The Morgan fingerprint density at radius 1 is 1.58 bits per heavy atom. The zero-order valence-corrected chi connectivity index (χ0v) is 11.6. The van der Waals surface area contributed by atoms with Gasteiger partial charge in [-0.15, -0.1) is 11.3 Å². The molecular weight excluding hydrogens is 260 g/mol. The van der Waals surface area contributed by atoms with Crippen LogP contribution in [0.2, 0.25) is 0 Å². The molecule has 5 nitrogen and oxygen atoms in total. The van der Waals surface area contributed by atoms with E-state index >= 15 is 0 Å². The number of imidazole rings is 1. The molecule has 1 aliphatic rings. The highest BCUT2D eigenvalue weighted by atomic mass is 32.1. The molecular formula is C13H16N4OS. The van der Waals surface area contributed by atoms with Crippen LogP contribution >= 0.6 is 11.3 Å². The zero-order valence-electron chi connectivity index (χ0n) is 10.8. The topological polar surface area (TPSA) is 59.8 Å². The minimum Gasteiger partial charge on any atom is -0.351 e. The van der Waals surface area contributed by atoms with Crippen LogP contribution in [0.1, 0.15) is 27.6 Å². The first-order chi connectivity index (χ1) is 9.24. The molecule has 100 valence electrons. The van der Waals surface area contributed by atoms with E-state index in [9.17, 15) is 4.79 Å².